The van der Waals surface area contributed by atoms with E-state index in [1.54, 1.807) is 19.9 Å². The van der Waals surface area contributed by atoms with Crippen molar-refractivity contribution in [3.8, 4) is 0 Å². The van der Waals surface area contributed by atoms with Crippen LogP contribution in [0.3, 0.4) is 0 Å². The zero-order valence-electron chi connectivity index (χ0n) is 11.1. The number of nitrogens with zero attached hydrogens (tertiary/aromatic N) is 1. The van der Waals surface area contributed by atoms with E-state index in [1.165, 1.54) is 12.1 Å². The minimum absolute atomic E-state index is 0.0831. The normalized spacial score (nSPS) is 11.6. The average Bonchev–Trinajstić information content (AvgIpc) is 2.70. The molecule has 0 bridgehead atoms. The van der Waals surface area contributed by atoms with Gasteiger partial charge in [0, 0.05) is 11.6 Å². The van der Waals surface area contributed by atoms with Crippen LogP contribution in [0.15, 0.2) is 23.1 Å². The van der Waals surface area contributed by atoms with Crippen molar-refractivity contribution in [2.75, 3.05) is 4.72 Å². The maximum Gasteiger partial charge on any atom is 0.262 e. The van der Waals surface area contributed by atoms with Crippen LogP contribution < -0.4 is 10.5 Å². The number of anilines is 1. The Morgan fingerprint density at radius 2 is 2.10 bits per heavy atom. The van der Waals surface area contributed by atoms with Crippen molar-refractivity contribution in [2.24, 2.45) is 5.73 Å². The van der Waals surface area contributed by atoms with E-state index >= 15 is 0 Å². The molecule has 0 saturated carbocycles. The van der Waals surface area contributed by atoms with Gasteiger partial charge in [-0.3, -0.25) is 9.82 Å². The number of hydrogen-bond acceptors (Lipinski definition) is 4. The van der Waals surface area contributed by atoms with Crippen molar-refractivity contribution in [1.82, 2.24) is 10.2 Å². The molecule has 0 unspecified atom stereocenters. The number of sulfonamides is 1. The molecule has 0 aliphatic rings. The molecule has 0 radical (unpaired) electrons. The van der Waals surface area contributed by atoms with Crippen LogP contribution in [0.5, 0.6) is 0 Å². The van der Waals surface area contributed by atoms with E-state index in [1.807, 2.05) is 0 Å². The highest BCUT2D eigenvalue weighted by atomic mass is 35.5. The second-order valence-electron chi connectivity index (χ2n) is 4.37. The van der Waals surface area contributed by atoms with Gasteiger partial charge in [-0.1, -0.05) is 17.7 Å². The average molecular weight is 315 g/mol. The Morgan fingerprint density at radius 1 is 1.40 bits per heavy atom. The fourth-order valence-corrected chi connectivity index (χ4v) is 3.29. The highest BCUT2D eigenvalue weighted by molar-refractivity contribution is 7.92. The summed E-state index contributed by atoms with van der Waals surface area (Å²) in [4.78, 5) is 0.0831. The Morgan fingerprint density at radius 3 is 2.60 bits per heavy atom. The third-order valence-electron chi connectivity index (χ3n) is 2.92. The molecule has 1 heterocycles. The summed E-state index contributed by atoms with van der Waals surface area (Å²) in [5, 5.41) is 7.00. The van der Waals surface area contributed by atoms with Crippen molar-refractivity contribution < 1.29 is 8.42 Å². The lowest BCUT2D eigenvalue weighted by atomic mass is 10.2. The van der Waals surface area contributed by atoms with Gasteiger partial charge in [0.2, 0.25) is 0 Å². The third-order valence-corrected chi connectivity index (χ3v) is 4.62. The van der Waals surface area contributed by atoms with Gasteiger partial charge in [-0.15, -0.1) is 0 Å². The van der Waals surface area contributed by atoms with E-state index < -0.39 is 10.0 Å². The fourth-order valence-electron chi connectivity index (χ4n) is 1.76. The third kappa shape index (κ3) is 2.79. The molecular weight excluding hydrogens is 300 g/mol. The van der Waals surface area contributed by atoms with Crippen LogP contribution >= 0.6 is 11.6 Å². The van der Waals surface area contributed by atoms with Gasteiger partial charge in [-0.05, 0) is 31.5 Å². The quantitative estimate of drug-likeness (QED) is 0.802. The zero-order valence-corrected chi connectivity index (χ0v) is 12.6. The molecule has 0 fully saturated rings. The van der Waals surface area contributed by atoms with Crippen molar-refractivity contribution in [2.45, 2.75) is 25.3 Å². The smallest absolute Gasteiger partial charge is 0.262 e. The Hall–Kier alpha value is -1.57. The number of aryl methyl sites for hydroxylation is 2. The van der Waals surface area contributed by atoms with E-state index in [0.29, 0.717) is 27.7 Å². The van der Waals surface area contributed by atoms with E-state index in [2.05, 4.69) is 14.9 Å². The van der Waals surface area contributed by atoms with E-state index in [-0.39, 0.29) is 11.4 Å². The number of H-pyrrole nitrogens is 1. The number of rotatable bonds is 4. The number of aromatic nitrogens is 2. The molecule has 1 aromatic heterocycles. The molecule has 108 valence electrons. The summed E-state index contributed by atoms with van der Waals surface area (Å²) in [7, 11) is -3.71. The summed E-state index contributed by atoms with van der Waals surface area (Å²) in [6.07, 6.45) is 0. The van der Waals surface area contributed by atoms with Gasteiger partial charge in [0.05, 0.1) is 22.0 Å². The maximum atomic E-state index is 12.3. The van der Waals surface area contributed by atoms with Crippen molar-refractivity contribution >= 4 is 27.3 Å². The topological polar surface area (TPSA) is 101 Å². The zero-order chi connectivity index (χ0) is 14.9. The lowest BCUT2D eigenvalue weighted by Gasteiger charge is -2.09. The molecule has 0 spiro atoms. The van der Waals surface area contributed by atoms with Crippen LogP contribution in [-0.4, -0.2) is 18.6 Å². The molecule has 2 rings (SSSR count). The predicted octanol–water partition coefficient (Wildman–Crippen LogP) is 1.94. The van der Waals surface area contributed by atoms with Gasteiger partial charge >= 0.3 is 0 Å². The molecule has 2 aromatic rings. The van der Waals surface area contributed by atoms with Crippen LogP contribution in [0, 0.1) is 13.8 Å². The molecule has 0 aliphatic carbocycles. The first kappa shape index (κ1) is 14.8. The number of nitrogens with two attached hydrogens (primary N) is 1. The lowest BCUT2D eigenvalue weighted by Crippen LogP contribution is -2.14. The molecule has 0 amide bonds. The molecule has 6 nitrogen and oxygen atoms in total. The van der Waals surface area contributed by atoms with Crippen LogP contribution in [0.1, 0.15) is 17.0 Å². The van der Waals surface area contributed by atoms with E-state index in [4.69, 9.17) is 17.3 Å². The second kappa shape index (κ2) is 5.43. The molecule has 0 atom stereocenters. The lowest BCUT2D eigenvalue weighted by molar-refractivity contribution is 0.601. The standard InChI is InChI=1S/C12H15ClN4O2S/c1-7-12(8(2)16-15-7)17-20(18,19)10-4-3-9(6-14)11(13)5-10/h3-5,17H,6,14H2,1-2H3,(H,15,16). The maximum absolute atomic E-state index is 12.3. The summed E-state index contributed by atoms with van der Waals surface area (Å²) in [5.74, 6) is 0. The highest BCUT2D eigenvalue weighted by Gasteiger charge is 2.19. The summed E-state index contributed by atoms with van der Waals surface area (Å²) >= 11 is 5.99. The summed E-state index contributed by atoms with van der Waals surface area (Å²) < 4.78 is 27.1. The number of halogens is 1. The molecule has 1 aromatic carbocycles. The summed E-state index contributed by atoms with van der Waals surface area (Å²) in [6.45, 7) is 3.71. The number of hydrogen-bond donors (Lipinski definition) is 3. The number of nitrogens with one attached hydrogen (secondary N) is 2. The minimum Gasteiger partial charge on any atom is -0.326 e. The van der Waals surface area contributed by atoms with Gasteiger partial charge in [0.25, 0.3) is 10.0 Å². The largest absolute Gasteiger partial charge is 0.326 e. The Bertz CT molecular complexity index is 720. The van der Waals surface area contributed by atoms with Gasteiger partial charge in [0.1, 0.15) is 0 Å². The Balaban J connectivity index is 2.38. The first-order valence-corrected chi connectivity index (χ1v) is 7.74. The van der Waals surface area contributed by atoms with Crippen LogP contribution in [0.4, 0.5) is 5.69 Å². The van der Waals surface area contributed by atoms with Gasteiger partial charge in [-0.2, -0.15) is 5.10 Å². The molecule has 0 aliphatic heterocycles. The Labute approximate surface area is 122 Å². The SMILES string of the molecule is Cc1n[nH]c(C)c1NS(=O)(=O)c1ccc(CN)c(Cl)c1. The molecule has 20 heavy (non-hydrogen) atoms. The molecule has 0 saturated heterocycles. The first-order chi connectivity index (χ1) is 9.35. The van der Waals surface area contributed by atoms with Crippen LogP contribution in [-0.2, 0) is 16.6 Å². The summed E-state index contributed by atoms with van der Waals surface area (Å²) in [5.41, 5.74) is 7.87. The molecular formula is C12H15ClN4O2S. The van der Waals surface area contributed by atoms with Crippen LogP contribution in [0.2, 0.25) is 5.02 Å². The van der Waals surface area contributed by atoms with Crippen molar-refractivity contribution in [1.29, 1.82) is 0 Å². The molecule has 8 heteroatoms. The highest BCUT2D eigenvalue weighted by Crippen LogP contribution is 2.24. The van der Waals surface area contributed by atoms with Gasteiger partial charge in [-0.25, -0.2) is 8.42 Å². The fraction of sp³-hybridized carbons (Fsp3) is 0.250. The van der Waals surface area contributed by atoms with Gasteiger partial charge < -0.3 is 5.73 Å². The first-order valence-electron chi connectivity index (χ1n) is 5.88. The Kier molecular flexibility index (Phi) is 4.03. The second-order valence-corrected chi connectivity index (χ2v) is 6.46. The van der Waals surface area contributed by atoms with E-state index in [9.17, 15) is 8.42 Å². The number of aromatic amines is 1. The monoisotopic (exact) mass is 314 g/mol. The van der Waals surface area contributed by atoms with Crippen molar-refractivity contribution in [3.63, 3.8) is 0 Å². The summed E-state index contributed by atoms with van der Waals surface area (Å²) in [6, 6.07) is 4.46. The predicted molar refractivity (Wildman–Crippen MR) is 78.2 cm³/mol. The van der Waals surface area contributed by atoms with Crippen LogP contribution in [0.25, 0.3) is 0 Å². The molecule has 4 N–H and O–H groups in total. The van der Waals surface area contributed by atoms with E-state index in [0.717, 1.165) is 0 Å². The van der Waals surface area contributed by atoms with Gasteiger partial charge in [0.15, 0.2) is 0 Å². The number of benzene rings is 1. The minimum atomic E-state index is -3.71. The van der Waals surface area contributed by atoms with Crippen molar-refractivity contribution in [3.05, 3.63) is 40.2 Å².